The van der Waals surface area contributed by atoms with E-state index >= 15 is 0 Å². The van der Waals surface area contributed by atoms with Crippen LogP contribution in [0.2, 0.25) is 0 Å². The summed E-state index contributed by atoms with van der Waals surface area (Å²) in [6.07, 6.45) is 10.2. The maximum Gasteiger partial charge on any atom is 0.241 e. The minimum atomic E-state index is -0.532. The fourth-order valence-corrected chi connectivity index (χ4v) is 4.97. The first-order valence-electron chi connectivity index (χ1n) is 12.0. The number of methoxy groups -OCH3 is 1. The fraction of sp³-hybridized carbons (Fsp3) is 0.625. The molecule has 2 N–H and O–H groups in total. The van der Waals surface area contributed by atoms with Crippen molar-refractivity contribution in [2.75, 3.05) is 32.2 Å². The summed E-state index contributed by atoms with van der Waals surface area (Å²) in [5.41, 5.74) is 3.75. The maximum atomic E-state index is 10.7. The summed E-state index contributed by atoms with van der Waals surface area (Å²) in [4.78, 5) is 4.59. The molecule has 3 aromatic heterocycles. The lowest BCUT2D eigenvalue weighted by Crippen LogP contribution is -2.32. The Kier molecular flexibility index (Phi) is 6.11. The van der Waals surface area contributed by atoms with Gasteiger partial charge >= 0.3 is 0 Å². The summed E-state index contributed by atoms with van der Waals surface area (Å²) < 4.78 is 14.6. The van der Waals surface area contributed by atoms with Crippen molar-refractivity contribution in [2.45, 2.75) is 69.6 Å². The molecule has 0 spiro atoms. The van der Waals surface area contributed by atoms with Gasteiger partial charge in [-0.2, -0.15) is 5.10 Å². The predicted molar refractivity (Wildman–Crippen MR) is 125 cm³/mol. The Morgan fingerprint density at radius 1 is 1.30 bits per heavy atom. The Hall–Kier alpha value is -2.49. The van der Waals surface area contributed by atoms with E-state index in [-0.39, 0.29) is 6.04 Å². The van der Waals surface area contributed by atoms with E-state index in [2.05, 4.69) is 34.6 Å². The Bertz CT molecular complexity index is 1100. The molecule has 2 aliphatic rings. The third-order valence-corrected chi connectivity index (χ3v) is 7.24. The van der Waals surface area contributed by atoms with Gasteiger partial charge in [0, 0.05) is 42.1 Å². The van der Waals surface area contributed by atoms with Crippen molar-refractivity contribution in [3.8, 4) is 11.1 Å². The number of anilines is 1. The zero-order valence-corrected chi connectivity index (χ0v) is 19.7. The predicted octanol–water partition coefficient (Wildman–Crippen LogP) is 3.41. The van der Waals surface area contributed by atoms with Crippen molar-refractivity contribution < 1.29 is 14.6 Å². The van der Waals surface area contributed by atoms with E-state index < -0.39 is 5.60 Å². The number of hydrogen-bond acceptors (Lipinski definition) is 7. The van der Waals surface area contributed by atoms with E-state index in [9.17, 15) is 5.11 Å². The lowest BCUT2D eigenvalue weighted by molar-refractivity contribution is -0.0286. The molecule has 178 valence electrons. The average Bonchev–Trinajstić information content (AvgIpc) is 3.38. The van der Waals surface area contributed by atoms with Gasteiger partial charge in [-0.1, -0.05) is 6.92 Å². The highest BCUT2D eigenvalue weighted by Crippen LogP contribution is 2.41. The monoisotopic (exact) mass is 454 g/mol. The van der Waals surface area contributed by atoms with Gasteiger partial charge in [0.15, 0.2) is 0 Å². The molecular formula is C24H34N6O3. The third kappa shape index (κ3) is 4.37. The van der Waals surface area contributed by atoms with Crippen LogP contribution in [0, 0.1) is 0 Å². The maximum absolute atomic E-state index is 10.7. The first kappa shape index (κ1) is 22.3. The molecule has 1 saturated carbocycles. The Morgan fingerprint density at radius 2 is 2.09 bits per heavy atom. The van der Waals surface area contributed by atoms with Crippen LogP contribution < -0.4 is 5.32 Å². The standard InChI is InChI=1S/C24H34N6O3/c1-4-24(31)7-5-17(6-8-24)21-9-20(18-10-26-29(12-18)19-14-33-15-19)22-11-25-23(28-30(21)22)27-16(2)13-32-3/h9-12,16-17,19,31H,4-8,13-15H2,1-3H3,(H,27,28)/t16-,17?,24?/m0/s1. The van der Waals surface area contributed by atoms with Crippen LogP contribution in [0.3, 0.4) is 0 Å². The second kappa shape index (κ2) is 9.04. The Labute approximate surface area is 194 Å². The molecule has 1 saturated heterocycles. The Morgan fingerprint density at radius 3 is 2.76 bits per heavy atom. The number of nitrogens with one attached hydrogen (secondary N) is 1. The normalized spacial score (nSPS) is 24.7. The van der Waals surface area contributed by atoms with Crippen LogP contribution in [-0.2, 0) is 9.47 Å². The highest BCUT2D eigenvalue weighted by molar-refractivity contribution is 5.81. The first-order valence-corrected chi connectivity index (χ1v) is 12.0. The van der Waals surface area contributed by atoms with Gasteiger partial charge in [0.25, 0.3) is 0 Å². The zero-order valence-electron chi connectivity index (χ0n) is 19.7. The lowest BCUT2D eigenvalue weighted by atomic mass is 9.76. The van der Waals surface area contributed by atoms with Gasteiger partial charge in [-0.25, -0.2) is 9.50 Å². The van der Waals surface area contributed by atoms with E-state index in [0.717, 1.165) is 48.7 Å². The molecule has 1 aliphatic heterocycles. The van der Waals surface area contributed by atoms with E-state index in [4.69, 9.17) is 14.6 Å². The molecule has 9 nitrogen and oxygen atoms in total. The van der Waals surface area contributed by atoms with Gasteiger partial charge in [-0.05, 0) is 45.1 Å². The average molecular weight is 455 g/mol. The quantitative estimate of drug-likeness (QED) is 0.538. The highest BCUT2D eigenvalue weighted by Gasteiger charge is 2.34. The number of hydrogen-bond donors (Lipinski definition) is 2. The van der Waals surface area contributed by atoms with Crippen LogP contribution in [-0.4, -0.2) is 68.1 Å². The SMILES string of the molecule is CCC1(O)CCC(c2cc(-c3cnn(C4COC4)c3)c3cnc(N[C@@H](C)COC)nn23)CC1. The van der Waals surface area contributed by atoms with Crippen molar-refractivity contribution in [1.82, 2.24) is 24.4 Å². The largest absolute Gasteiger partial charge is 0.390 e. The number of aliphatic hydroxyl groups is 1. The van der Waals surface area contributed by atoms with Crippen molar-refractivity contribution in [3.05, 3.63) is 30.4 Å². The molecule has 9 heteroatoms. The molecule has 0 aromatic carbocycles. The van der Waals surface area contributed by atoms with Gasteiger partial charge in [-0.3, -0.25) is 4.68 Å². The van der Waals surface area contributed by atoms with E-state index in [1.807, 2.05) is 28.5 Å². The molecule has 5 rings (SSSR count). The minimum absolute atomic E-state index is 0.100. The van der Waals surface area contributed by atoms with Crippen LogP contribution in [0.5, 0.6) is 0 Å². The molecule has 0 unspecified atom stereocenters. The number of fused-ring (bicyclic) bond motifs is 1. The van der Waals surface area contributed by atoms with Gasteiger partial charge in [0.05, 0.1) is 49.4 Å². The molecule has 3 aromatic rings. The smallest absolute Gasteiger partial charge is 0.241 e. The summed E-state index contributed by atoms with van der Waals surface area (Å²) in [6, 6.07) is 2.65. The van der Waals surface area contributed by atoms with Gasteiger partial charge in [0.1, 0.15) is 0 Å². The number of ether oxygens (including phenoxy) is 2. The molecular weight excluding hydrogens is 420 g/mol. The summed E-state index contributed by atoms with van der Waals surface area (Å²) in [5, 5.41) is 23.5. The molecule has 1 atom stereocenters. The van der Waals surface area contributed by atoms with E-state index in [0.29, 0.717) is 37.7 Å². The summed E-state index contributed by atoms with van der Waals surface area (Å²) >= 11 is 0. The van der Waals surface area contributed by atoms with Crippen LogP contribution in [0.4, 0.5) is 5.95 Å². The summed E-state index contributed by atoms with van der Waals surface area (Å²) in [5.74, 6) is 0.922. The van der Waals surface area contributed by atoms with Crippen molar-refractivity contribution in [3.63, 3.8) is 0 Å². The van der Waals surface area contributed by atoms with Crippen LogP contribution in [0.1, 0.15) is 63.6 Å². The third-order valence-electron chi connectivity index (χ3n) is 7.24. The molecule has 1 aliphatic carbocycles. The number of aromatic nitrogens is 5. The second-order valence-corrected chi connectivity index (χ2v) is 9.61. The van der Waals surface area contributed by atoms with Crippen LogP contribution in [0.15, 0.2) is 24.7 Å². The van der Waals surface area contributed by atoms with E-state index in [1.54, 1.807) is 7.11 Å². The van der Waals surface area contributed by atoms with Crippen molar-refractivity contribution >= 4 is 11.5 Å². The molecule has 0 bridgehead atoms. The summed E-state index contributed by atoms with van der Waals surface area (Å²) in [7, 11) is 1.69. The highest BCUT2D eigenvalue weighted by atomic mass is 16.5. The fourth-order valence-electron chi connectivity index (χ4n) is 4.97. The van der Waals surface area contributed by atoms with Gasteiger partial charge in [0.2, 0.25) is 5.95 Å². The van der Waals surface area contributed by atoms with Crippen molar-refractivity contribution in [1.29, 1.82) is 0 Å². The topological polar surface area (TPSA) is 98.7 Å². The molecule has 0 amide bonds. The number of nitrogens with zero attached hydrogens (tertiary/aromatic N) is 5. The van der Waals surface area contributed by atoms with Gasteiger partial charge < -0.3 is 19.9 Å². The zero-order chi connectivity index (χ0) is 23.0. The molecule has 0 radical (unpaired) electrons. The molecule has 4 heterocycles. The minimum Gasteiger partial charge on any atom is -0.390 e. The lowest BCUT2D eigenvalue weighted by Gasteiger charge is -2.35. The Balaban J connectivity index is 1.51. The number of rotatable bonds is 8. The molecule has 2 fully saturated rings. The van der Waals surface area contributed by atoms with E-state index in [1.165, 1.54) is 5.69 Å². The van der Waals surface area contributed by atoms with Crippen molar-refractivity contribution in [2.24, 2.45) is 0 Å². The first-order chi connectivity index (χ1) is 16.0. The van der Waals surface area contributed by atoms with Gasteiger partial charge in [-0.15, -0.1) is 5.10 Å². The molecule has 33 heavy (non-hydrogen) atoms. The second-order valence-electron chi connectivity index (χ2n) is 9.61. The van der Waals surface area contributed by atoms with Crippen LogP contribution >= 0.6 is 0 Å². The van der Waals surface area contributed by atoms with Crippen LogP contribution in [0.25, 0.3) is 16.6 Å². The summed E-state index contributed by atoms with van der Waals surface area (Å²) in [6.45, 7) is 6.12.